The Kier molecular flexibility index (Phi) is 4.78. The monoisotopic (exact) mass is 282 g/mol. The molecule has 3 fully saturated rings. The minimum Gasteiger partial charge on any atom is -0.376 e. The Balaban J connectivity index is 1.25. The first-order chi connectivity index (χ1) is 9.81. The summed E-state index contributed by atoms with van der Waals surface area (Å²) in [6, 6.07) is -0.0812. The summed E-state index contributed by atoms with van der Waals surface area (Å²) >= 11 is 0. The van der Waals surface area contributed by atoms with E-state index in [0.717, 1.165) is 30.7 Å². The average Bonchev–Trinajstić information content (AvgIpc) is 3.09. The molecule has 0 radical (unpaired) electrons. The van der Waals surface area contributed by atoms with Crippen molar-refractivity contribution in [2.75, 3.05) is 32.9 Å². The predicted octanol–water partition coefficient (Wildman–Crippen LogP) is 1.53. The second kappa shape index (κ2) is 6.76. The molecular formula is C15H26N2O3. The summed E-state index contributed by atoms with van der Waals surface area (Å²) in [6.45, 7) is 3.18. The summed E-state index contributed by atoms with van der Waals surface area (Å²) in [5.41, 5.74) is 0. The summed E-state index contributed by atoms with van der Waals surface area (Å²) in [5.74, 6) is 2.78. The number of urea groups is 1. The van der Waals surface area contributed by atoms with E-state index >= 15 is 0 Å². The van der Waals surface area contributed by atoms with Crippen LogP contribution >= 0.6 is 0 Å². The summed E-state index contributed by atoms with van der Waals surface area (Å²) < 4.78 is 10.8. The highest BCUT2D eigenvalue weighted by Crippen LogP contribution is 2.49. The predicted molar refractivity (Wildman–Crippen MR) is 75.5 cm³/mol. The average molecular weight is 282 g/mol. The van der Waals surface area contributed by atoms with Crippen LogP contribution in [0, 0.1) is 17.8 Å². The number of nitrogens with one attached hydrogen (secondary N) is 2. The molecule has 2 bridgehead atoms. The largest absolute Gasteiger partial charge is 0.376 e. The molecule has 3 aliphatic rings. The highest BCUT2D eigenvalue weighted by Gasteiger charge is 2.38. The molecule has 0 spiro atoms. The minimum absolute atomic E-state index is 0.0000618. The van der Waals surface area contributed by atoms with Crippen molar-refractivity contribution in [1.82, 2.24) is 10.6 Å². The topological polar surface area (TPSA) is 59.6 Å². The van der Waals surface area contributed by atoms with Crippen molar-refractivity contribution in [3.8, 4) is 0 Å². The molecule has 0 aromatic rings. The van der Waals surface area contributed by atoms with Crippen LogP contribution in [0.4, 0.5) is 4.79 Å². The van der Waals surface area contributed by atoms with Gasteiger partial charge in [-0.15, -0.1) is 0 Å². The fraction of sp³-hybridized carbons (Fsp3) is 0.933. The molecule has 2 N–H and O–H groups in total. The van der Waals surface area contributed by atoms with Crippen LogP contribution in [0.5, 0.6) is 0 Å². The first-order valence-electron chi connectivity index (χ1n) is 8.02. The number of fused-ring (bicyclic) bond motifs is 2. The van der Waals surface area contributed by atoms with Gasteiger partial charge in [-0.2, -0.15) is 0 Å². The fourth-order valence-electron chi connectivity index (χ4n) is 4.02. The van der Waals surface area contributed by atoms with Gasteiger partial charge in [-0.1, -0.05) is 6.42 Å². The van der Waals surface area contributed by atoms with Crippen LogP contribution < -0.4 is 10.6 Å². The zero-order valence-electron chi connectivity index (χ0n) is 12.1. The van der Waals surface area contributed by atoms with Gasteiger partial charge in [-0.25, -0.2) is 4.79 Å². The van der Waals surface area contributed by atoms with Gasteiger partial charge in [0, 0.05) is 13.1 Å². The van der Waals surface area contributed by atoms with Crippen LogP contribution in [0.1, 0.15) is 32.1 Å². The van der Waals surface area contributed by atoms with Crippen molar-refractivity contribution >= 4 is 6.03 Å². The molecule has 2 amide bonds. The van der Waals surface area contributed by atoms with Gasteiger partial charge in [0.25, 0.3) is 0 Å². The molecule has 5 heteroatoms. The standard InChI is InChI=1S/C15H26N2O3/c18-15(17-9-14-10-19-5-6-20-14)16-4-3-13-8-11-1-2-12(13)7-11/h11-14H,1-10H2,(H2,16,17,18)/t11-,12-,13+,14+/m0/s1. The number of hydrogen-bond acceptors (Lipinski definition) is 3. The summed E-state index contributed by atoms with van der Waals surface area (Å²) in [4.78, 5) is 11.7. The first-order valence-corrected chi connectivity index (χ1v) is 8.02. The maximum absolute atomic E-state index is 11.7. The van der Waals surface area contributed by atoms with Crippen LogP contribution in [-0.4, -0.2) is 45.0 Å². The Morgan fingerprint density at radius 3 is 2.80 bits per heavy atom. The van der Waals surface area contributed by atoms with Crippen molar-refractivity contribution in [2.24, 2.45) is 17.8 Å². The van der Waals surface area contributed by atoms with Gasteiger partial charge in [0.05, 0.1) is 25.9 Å². The van der Waals surface area contributed by atoms with Crippen LogP contribution in [-0.2, 0) is 9.47 Å². The van der Waals surface area contributed by atoms with Gasteiger partial charge < -0.3 is 20.1 Å². The van der Waals surface area contributed by atoms with Gasteiger partial charge in [0.1, 0.15) is 0 Å². The van der Waals surface area contributed by atoms with Crippen molar-refractivity contribution in [2.45, 2.75) is 38.2 Å². The van der Waals surface area contributed by atoms with Crippen LogP contribution in [0.3, 0.4) is 0 Å². The molecule has 0 aromatic carbocycles. The lowest BCUT2D eigenvalue weighted by atomic mass is 9.86. The normalized spacial score (nSPS) is 36.0. The molecule has 4 atom stereocenters. The SMILES string of the molecule is O=C(NCC[C@@H]1C[C@H]2CC[C@H]1C2)NC[C@@H]1COCCO1. The summed E-state index contributed by atoms with van der Waals surface area (Å²) in [6.07, 6.45) is 6.83. The zero-order chi connectivity index (χ0) is 13.8. The van der Waals surface area contributed by atoms with Crippen molar-refractivity contribution in [1.29, 1.82) is 0 Å². The van der Waals surface area contributed by atoms with E-state index in [4.69, 9.17) is 9.47 Å². The molecule has 2 aliphatic carbocycles. The highest BCUT2D eigenvalue weighted by molar-refractivity contribution is 5.73. The maximum Gasteiger partial charge on any atom is 0.314 e. The van der Waals surface area contributed by atoms with Gasteiger partial charge in [-0.3, -0.25) is 0 Å². The summed E-state index contributed by atoms with van der Waals surface area (Å²) in [5, 5.41) is 5.82. The maximum atomic E-state index is 11.7. The lowest BCUT2D eigenvalue weighted by Gasteiger charge is -2.23. The smallest absolute Gasteiger partial charge is 0.314 e. The second-order valence-electron chi connectivity index (χ2n) is 6.43. The van der Waals surface area contributed by atoms with Gasteiger partial charge in [0.15, 0.2) is 0 Å². The van der Waals surface area contributed by atoms with E-state index in [0.29, 0.717) is 26.4 Å². The quantitative estimate of drug-likeness (QED) is 0.804. The van der Waals surface area contributed by atoms with E-state index in [1.807, 2.05) is 0 Å². The third-order valence-electron chi connectivity index (χ3n) is 5.06. The van der Waals surface area contributed by atoms with Crippen molar-refractivity contribution in [3.63, 3.8) is 0 Å². The highest BCUT2D eigenvalue weighted by atomic mass is 16.6. The lowest BCUT2D eigenvalue weighted by molar-refractivity contribution is -0.0853. The van der Waals surface area contributed by atoms with Gasteiger partial charge >= 0.3 is 6.03 Å². The molecular weight excluding hydrogens is 256 g/mol. The number of carbonyl (C=O) groups is 1. The van der Waals surface area contributed by atoms with E-state index in [-0.39, 0.29) is 12.1 Å². The molecule has 1 saturated heterocycles. The Morgan fingerprint density at radius 2 is 2.10 bits per heavy atom. The van der Waals surface area contributed by atoms with E-state index in [2.05, 4.69) is 10.6 Å². The number of hydrogen-bond donors (Lipinski definition) is 2. The molecule has 2 saturated carbocycles. The minimum atomic E-state index is -0.0812. The third kappa shape index (κ3) is 3.64. The van der Waals surface area contributed by atoms with Crippen LogP contribution in [0.2, 0.25) is 0 Å². The van der Waals surface area contributed by atoms with E-state index in [1.165, 1.54) is 25.7 Å². The molecule has 20 heavy (non-hydrogen) atoms. The van der Waals surface area contributed by atoms with E-state index in [1.54, 1.807) is 0 Å². The van der Waals surface area contributed by atoms with E-state index < -0.39 is 0 Å². The number of rotatable bonds is 5. The number of ether oxygens (including phenoxy) is 2. The van der Waals surface area contributed by atoms with E-state index in [9.17, 15) is 4.79 Å². The zero-order valence-corrected chi connectivity index (χ0v) is 12.1. The lowest BCUT2D eigenvalue weighted by Crippen LogP contribution is -2.44. The Hall–Kier alpha value is -0.810. The molecule has 0 aromatic heterocycles. The Morgan fingerprint density at radius 1 is 1.15 bits per heavy atom. The first kappa shape index (κ1) is 14.1. The number of carbonyl (C=O) groups excluding carboxylic acids is 1. The molecule has 0 unspecified atom stereocenters. The molecule has 114 valence electrons. The molecule has 1 heterocycles. The summed E-state index contributed by atoms with van der Waals surface area (Å²) in [7, 11) is 0. The van der Waals surface area contributed by atoms with Gasteiger partial charge in [0.2, 0.25) is 0 Å². The second-order valence-corrected chi connectivity index (χ2v) is 6.43. The van der Waals surface area contributed by atoms with Crippen molar-refractivity contribution < 1.29 is 14.3 Å². The van der Waals surface area contributed by atoms with Crippen LogP contribution in [0.25, 0.3) is 0 Å². The molecule has 3 rings (SSSR count). The Labute approximate surface area is 120 Å². The van der Waals surface area contributed by atoms with Gasteiger partial charge in [-0.05, 0) is 43.4 Å². The molecule has 1 aliphatic heterocycles. The molecule has 5 nitrogen and oxygen atoms in total. The Bertz CT molecular complexity index is 331. The van der Waals surface area contributed by atoms with Crippen molar-refractivity contribution in [3.05, 3.63) is 0 Å². The fourth-order valence-corrected chi connectivity index (χ4v) is 4.02. The number of amides is 2. The van der Waals surface area contributed by atoms with Crippen LogP contribution in [0.15, 0.2) is 0 Å². The third-order valence-corrected chi connectivity index (χ3v) is 5.06.